The lowest BCUT2D eigenvalue weighted by Crippen LogP contribution is -2.27. The highest BCUT2D eigenvalue weighted by atomic mass is 16.5. The molecule has 1 aliphatic carbocycles. The number of aromatic nitrogens is 7. The summed E-state index contributed by atoms with van der Waals surface area (Å²) in [6.45, 7) is 4.08. The van der Waals surface area contributed by atoms with Crippen molar-refractivity contribution in [1.29, 1.82) is 5.26 Å². The SMILES string of the molecule is CCC(c1ncccn1)N(C)c1nc(OC)c2c(C#N)nn(C(C)c3ccc(C4CC4)nc3)c2n1. The first-order valence-corrected chi connectivity index (χ1v) is 11.8. The number of nitrogens with zero attached hydrogens (tertiary/aromatic N) is 9. The van der Waals surface area contributed by atoms with Gasteiger partial charge in [0.2, 0.25) is 11.8 Å². The second-order valence-corrected chi connectivity index (χ2v) is 8.75. The molecular formula is C25H27N9O. The van der Waals surface area contributed by atoms with Crippen LogP contribution in [0, 0.1) is 11.3 Å². The van der Waals surface area contributed by atoms with E-state index in [1.165, 1.54) is 20.0 Å². The molecule has 5 rings (SSSR count). The molecule has 10 nitrogen and oxygen atoms in total. The van der Waals surface area contributed by atoms with Gasteiger partial charge in [0.1, 0.15) is 11.5 Å². The lowest BCUT2D eigenvalue weighted by atomic mass is 10.1. The fourth-order valence-electron chi connectivity index (χ4n) is 4.33. The van der Waals surface area contributed by atoms with Crippen molar-refractivity contribution in [2.45, 2.75) is 51.1 Å². The van der Waals surface area contributed by atoms with E-state index in [2.05, 4.69) is 50.2 Å². The molecule has 0 radical (unpaired) electrons. The lowest BCUT2D eigenvalue weighted by molar-refractivity contribution is 0.402. The summed E-state index contributed by atoms with van der Waals surface area (Å²) in [7, 11) is 3.44. The number of pyridine rings is 1. The first-order valence-electron chi connectivity index (χ1n) is 11.8. The molecule has 4 aromatic heterocycles. The molecule has 0 N–H and O–H groups in total. The molecule has 2 atom stereocenters. The molecule has 2 unspecified atom stereocenters. The van der Waals surface area contributed by atoms with Crippen LogP contribution in [0.4, 0.5) is 5.95 Å². The average Bonchev–Trinajstić information content (AvgIpc) is 3.69. The molecule has 10 heteroatoms. The maximum atomic E-state index is 9.80. The summed E-state index contributed by atoms with van der Waals surface area (Å²) < 4.78 is 7.36. The number of hydrogen-bond donors (Lipinski definition) is 0. The van der Waals surface area contributed by atoms with Gasteiger partial charge >= 0.3 is 0 Å². The van der Waals surface area contributed by atoms with Crippen LogP contribution in [0.3, 0.4) is 0 Å². The Labute approximate surface area is 203 Å². The molecule has 1 fully saturated rings. The van der Waals surface area contributed by atoms with Crippen molar-refractivity contribution in [1.82, 2.24) is 34.7 Å². The predicted molar refractivity (Wildman–Crippen MR) is 130 cm³/mol. The number of ether oxygens (including phenoxy) is 1. The number of rotatable bonds is 8. The lowest BCUT2D eigenvalue weighted by Gasteiger charge is -2.26. The van der Waals surface area contributed by atoms with E-state index in [0.717, 1.165) is 17.7 Å². The highest BCUT2D eigenvalue weighted by molar-refractivity contribution is 5.87. The van der Waals surface area contributed by atoms with E-state index in [0.29, 0.717) is 34.6 Å². The maximum Gasteiger partial charge on any atom is 0.231 e. The first-order chi connectivity index (χ1) is 17.0. The zero-order chi connectivity index (χ0) is 24.5. The molecule has 0 aliphatic heterocycles. The highest BCUT2D eigenvalue weighted by Crippen LogP contribution is 2.39. The van der Waals surface area contributed by atoms with Gasteiger partial charge in [-0.15, -0.1) is 0 Å². The standard InChI is InChI=1S/C25H27N9O/c1-5-20(22-27-11-6-12-28-22)33(3)25-30-23-21(24(31-25)35-4)19(13-26)32-34(23)15(2)17-9-10-18(29-14-17)16-7-8-16/h6,9-12,14-16,20H,5,7-8H2,1-4H3. The number of anilines is 1. The Morgan fingerprint density at radius 2 is 1.97 bits per heavy atom. The Morgan fingerprint density at radius 3 is 2.57 bits per heavy atom. The molecule has 1 saturated carbocycles. The van der Waals surface area contributed by atoms with Crippen molar-refractivity contribution in [3.05, 3.63) is 59.6 Å². The van der Waals surface area contributed by atoms with Gasteiger partial charge < -0.3 is 9.64 Å². The van der Waals surface area contributed by atoms with Crippen LogP contribution in [0.2, 0.25) is 0 Å². The Balaban J connectivity index is 1.60. The number of methoxy groups -OCH3 is 1. The van der Waals surface area contributed by atoms with Crippen molar-refractivity contribution in [2.75, 3.05) is 19.1 Å². The Bertz CT molecular complexity index is 1370. The van der Waals surface area contributed by atoms with Crippen LogP contribution in [-0.2, 0) is 0 Å². The Morgan fingerprint density at radius 1 is 1.20 bits per heavy atom. The van der Waals surface area contributed by atoms with Crippen molar-refractivity contribution in [3.63, 3.8) is 0 Å². The van der Waals surface area contributed by atoms with Gasteiger partial charge in [-0.3, -0.25) is 4.98 Å². The minimum Gasteiger partial charge on any atom is -0.480 e. The van der Waals surface area contributed by atoms with Crippen molar-refractivity contribution in [2.24, 2.45) is 0 Å². The van der Waals surface area contributed by atoms with Gasteiger partial charge in [0.15, 0.2) is 17.2 Å². The fourth-order valence-corrected chi connectivity index (χ4v) is 4.33. The van der Waals surface area contributed by atoms with Crippen LogP contribution in [0.5, 0.6) is 5.88 Å². The van der Waals surface area contributed by atoms with E-state index in [1.54, 1.807) is 23.1 Å². The predicted octanol–water partition coefficient (Wildman–Crippen LogP) is 3.97. The van der Waals surface area contributed by atoms with E-state index < -0.39 is 0 Å². The van der Waals surface area contributed by atoms with Crippen LogP contribution in [0.1, 0.15) is 73.9 Å². The summed E-state index contributed by atoms with van der Waals surface area (Å²) in [6.07, 6.45) is 8.50. The van der Waals surface area contributed by atoms with Crippen LogP contribution in [-0.4, -0.2) is 48.9 Å². The molecule has 4 aromatic rings. The zero-order valence-corrected chi connectivity index (χ0v) is 20.3. The van der Waals surface area contributed by atoms with Crippen molar-refractivity contribution < 1.29 is 4.74 Å². The largest absolute Gasteiger partial charge is 0.480 e. The van der Waals surface area contributed by atoms with Gasteiger partial charge in [-0.1, -0.05) is 13.0 Å². The van der Waals surface area contributed by atoms with Crippen LogP contribution >= 0.6 is 0 Å². The summed E-state index contributed by atoms with van der Waals surface area (Å²) in [5.41, 5.74) is 2.86. The average molecular weight is 470 g/mol. The van der Waals surface area contributed by atoms with Gasteiger partial charge in [0, 0.05) is 37.3 Å². The van der Waals surface area contributed by atoms with Crippen LogP contribution < -0.4 is 9.64 Å². The molecule has 0 bridgehead atoms. The van der Waals surface area contributed by atoms with Gasteiger partial charge in [-0.05, 0) is 43.9 Å². The molecule has 178 valence electrons. The van der Waals surface area contributed by atoms with E-state index >= 15 is 0 Å². The molecule has 0 saturated heterocycles. The third-order valence-corrected chi connectivity index (χ3v) is 6.51. The quantitative estimate of drug-likeness (QED) is 0.377. The fraction of sp³-hybridized carbons (Fsp3) is 0.400. The number of nitriles is 1. The Kier molecular flexibility index (Phi) is 5.99. The zero-order valence-electron chi connectivity index (χ0n) is 20.3. The normalized spacial score (nSPS) is 14.9. The number of hydrogen-bond acceptors (Lipinski definition) is 9. The molecule has 0 amide bonds. The molecular weight excluding hydrogens is 442 g/mol. The van der Waals surface area contributed by atoms with Crippen LogP contribution in [0.15, 0.2) is 36.8 Å². The third kappa shape index (κ3) is 4.14. The summed E-state index contributed by atoms with van der Waals surface area (Å²) in [4.78, 5) is 24.9. The molecule has 0 aromatic carbocycles. The molecule has 35 heavy (non-hydrogen) atoms. The Hall–Kier alpha value is -4.13. The molecule has 4 heterocycles. The van der Waals surface area contributed by atoms with E-state index in [1.807, 2.05) is 25.1 Å². The number of fused-ring (bicyclic) bond motifs is 1. The van der Waals surface area contributed by atoms with E-state index in [-0.39, 0.29) is 17.8 Å². The third-order valence-electron chi connectivity index (χ3n) is 6.51. The summed E-state index contributed by atoms with van der Waals surface area (Å²) >= 11 is 0. The smallest absolute Gasteiger partial charge is 0.231 e. The van der Waals surface area contributed by atoms with E-state index in [9.17, 15) is 5.26 Å². The summed E-state index contributed by atoms with van der Waals surface area (Å²) in [5.74, 6) is 2.01. The minimum absolute atomic E-state index is 0.137. The summed E-state index contributed by atoms with van der Waals surface area (Å²) in [5, 5.41) is 14.9. The molecule has 0 spiro atoms. The monoisotopic (exact) mass is 469 g/mol. The van der Waals surface area contributed by atoms with Gasteiger partial charge in [-0.2, -0.15) is 20.3 Å². The van der Waals surface area contributed by atoms with E-state index in [4.69, 9.17) is 9.72 Å². The topological polar surface area (TPSA) is 119 Å². The van der Waals surface area contributed by atoms with Crippen molar-refractivity contribution >= 4 is 17.0 Å². The highest BCUT2D eigenvalue weighted by Gasteiger charge is 2.28. The van der Waals surface area contributed by atoms with Gasteiger partial charge in [-0.25, -0.2) is 14.6 Å². The molecule has 1 aliphatic rings. The first kappa shape index (κ1) is 22.7. The van der Waals surface area contributed by atoms with Crippen molar-refractivity contribution in [3.8, 4) is 11.9 Å². The summed E-state index contributed by atoms with van der Waals surface area (Å²) in [6, 6.07) is 7.79. The van der Waals surface area contributed by atoms with Crippen LogP contribution in [0.25, 0.3) is 11.0 Å². The second-order valence-electron chi connectivity index (χ2n) is 8.75. The van der Waals surface area contributed by atoms with Gasteiger partial charge in [0.25, 0.3) is 0 Å². The second kappa shape index (κ2) is 9.25. The minimum atomic E-state index is -0.197. The van der Waals surface area contributed by atoms with Gasteiger partial charge in [0.05, 0.1) is 19.2 Å². The maximum absolute atomic E-state index is 9.80.